The Morgan fingerprint density at radius 2 is 1.92 bits per heavy atom. The van der Waals surface area contributed by atoms with Gasteiger partial charge in [-0.15, -0.1) is 0 Å². The highest BCUT2D eigenvalue weighted by Gasteiger charge is 2.09. The van der Waals surface area contributed by atoms with Gasteiger partial charge in [-0.2, -0.15) is 0 Å². The Morgan fingerprint density at radius 3 is 2.67 bits per heavy atom. The highest BCUT2D eigenvalue weighted by atomic mass is 35.5. The van der Waals surface area contributed by atoms with Crippen LogP contribution in [0.2, 0.25) is 5.02 Å². The molecule has 6 heteroatoms. The van der Waals surface area contributed by atoms with E-state index in [1.807, 2.05) is 12.1 Å². The number of halogens is 1. The van der Waals surface area contributed by atoms with Crippen LogP contribution in [0.3, 0.4) is 0 Å². The Balaban J connectivity index is 1.96. The molecule has 0 saturated carbocycles. The second-order valence-corrected chi connectivity index (χ2v) is 5.59. The maximum Gasteiger partial charge on any atom is 0.336 e. The number of fused-ring (bicyclic) bond motifs is 1. The Kier molecular flexibility index (Phi) is 4.62. The van der Waals surface area contributed by atoms with Crippen molar-refractivity contribution in [2.24, 2.45) is 0 Å². The van der Waals surface area contributed by atoms with Crippen LogP contribution >= 0.6 is 11.6 Å². The number of anilines is 1. The fourth-order valence-corrected chi connectivity index (χ4v) is 2.66. The average Bonchev–Trinajstić information content (AvgIpc) is 2.59. The zero-order chi connectivity index (χ0) is 17.1. The van der Waals surface area contributed by atoms with Gasteiger partial charge in [0.1, 0.15) is 17.1 Å². The summed E-state index contributed by atoms with van der Waals surface area (Å²) in [5.41, 5.74) is 1.63. The summed E-state index contributed by atoms with van der Waals surface area (Å²) in [5, 5.41) is 4.68. The molecule has 1 aromatic heterocycles. The maximum atomic E-state index is 11.8. The quantitative estimate of drug-likeness (QED) is 0.706. The lowest BCUT2D eigenvalue weighted by Gasteiger charge is -2.12. The molecule has 0 amide bonds. The number of methoxy groups -OCH3 is 2. The summed E-state index contributed by atoms with van der Waals surface area (Å²) in [6, 6.07) is 12.2. The zero-order valence-corrected chi connectivity index (χ0v) is 14.0. The fraction of sp³-hybridized carbons (Fsp3) is 0.167. The minimum atomic E-state index is -0.411. The second kappa shape index (κ2) is 6.84. The van der Waals surface area contributed by atoms with E-state index in [1.54, 1.807) is 38.5 Å². The van der Waals surface area contributed by atoms with Gasteiger partial charge in [0.2, 0.25) is 0 Å². The first-order chi connectivity index (χ1) is 11.6. The van der Waals surface area contributed by atoms with E-state index in [0.29, 0.717) is 28.6 Å². The molecule has 0 aliphatic carbocycles. The van der Waals surface area contributed by atoms with Gasteiger partial charge in [-0.25, -0.2) is 4.79 Å². The Bertz CT molecular complexity index is 936. The van der Waals surface area contributed by atoms with Gasteiger partial charge >= 0.3 is 5.63 Å². The molecule has 5 nitrogen and oxygen atoms in total. The number of nitrogens with one attached hydrogen (secondary N) is 1. The van der Waals surface area contributed by atoms with Crippen molar-refractivity contribution >= 4 is 28.3 Å². The van der Waals surface area contributed by atoms with Crippen molar-refractivity contribution in [3.63, 3.8) is 0 Å². The van der Waals surface area contributed by atoms with E-state index in [4.69, 9.17) is 25.5 Å². The highest BCUT2D eigenvalue weighted by Crippen LogP contribution is 2.29. The summed E-state index contributed by atoms with van der Waals surface area (Å²) in [6.07, 6.45) is 0. The molecule has 0 unspecified atom stereocenters. The number of rotatable bonds is 5. The third kappa shape index (κ3) is 3.31. The van der Waals surface area contributed by atoms with Gasteiger partial charge in [-0.3, -0.25) is 0 Å². The first-order valence-electron chi connectivity index (χ1n) is 7.29. The monoisotopic (exact) mass is 345 g/mol. The number of ether oxygens (including phenoxy) is 2. The predicted molar refractivity (Wildman–Crippen MR) is 94.4 cm³/mol. The van der Waals surface area contributed by atoms with Gasteiger partial charge in [0.15, 0.2) is 0 Å². The van der Waals surface area contributed by atoms with Crippen molar-refractivity contribution in [2.45, 2.75) is 6.54 Å². The molecule has 1 N–H and O–H groups in total. The molecular weight excluding hydrogens is 330 g/mol. The van der Waals surface area contributed by atoms with Crippen molar-refractivity contribution in [2.75, 3.05) is 19.5 Å². The number of hydrogen-bond acceptors (Lipinski definition) is 5. The van der Waals surface area contributed by atoms with Gasteiger partial charge in [-0.1, -0.05) is 11.6 Å². The Labute approximate surface area is 143 Å². The minimum Gasteiger partial charge on any atom is -0.497 e. The highest BCUT2D eigenvalue weighted by molar-refractivity contribution is 6.30. The van der Waals surface area contributed by atoms with Crippen LogP contribution in [0.5, 0.6) is 11.5 Å². The molecule has 0 aliphatic heterocycles. The van der Waals surface area contributed by atoms with Crippen LogP contribution in [0.15, 0.2) is 51.7 Å². The first kappa shape index (κ1) is 16.2. The maximum absolute atomic E-state index is 11.8. The molecule has 0 radical (unpaired) electrons. The van der Waals surface area contributed by atoms with E-state index in [0.717, 1.165) is 16.6 Å². The summed E-state index contributed by atoms with van der Waals surface area (Å²) in [5.74, 6) is 1.31. The fourth-order valence-electron chi connectivity index (χ4n) is 2.49. The molecular formula is C18H16ClNO4. The second-order valence-electron chi connectivity index (χ2n) is 5.15. The predicted octanol–water partition coefficient (Wildman–Crippen LogP) is 4.08. The normalized spacial score (nSPS) is 10.6. The topological polar surface area (TPSA) is 60.7 Å². The van der Waals surface area contributed by atoms with Crippen LogP contribution in [0.1, 0.15) is 5.56 Å². The lowest BCUT2D eigenvalue weighted by Crippen LogP contribution is -2.06. The Hall–Kier alpha value is -2.66. The summed E-state index contributed by atoms with van der Waals surface area (Å²) >= 11 is 6.03. The molecule has 124 valence electrons. The molecule has 3 aromatic rings. The number of hydrogen-bond donors (Lipinski definition) is 1. The molecule has 2 aromatic carbocycles. The van der Waals surface area contributed by atoms with Crippen LogP contribution in [0, 0.1) is 0 Å². The number of benzene rings is 2. The van der Waals surface area contributed by atoms with E-state index in [1.165, 1.54) is 6.07 Å². The lowest BCUT2D eigenvalue weighted by molar-refractivity contribution is 0.414. The van der Waals surface area contributed by atoms with Crippen molar-refractivity contribution in [1.29, 1.82) is 0 Å². The van der Waals surface area contributed by atoms with Gasteiger partial charge in [-0.05, 0) is 35.9 Å². The molecule has 0 fully saturated rings. The van der Waals surface area contributed by atoms with Gasteiger partial charge in [0.05, 0.1) is 19.9 Å². The molecule has 0 bridgehead atoms. The van der Waals surface area contributed by atoms with Crippen LogP contribution in [0.25, 0.3) is 11.0 Å². The molecule has 0 atom stereocenters. The van der Waals surface area contributed by atoms with Crippen LogP contribution < -0.4 is 20.4 Å². The van der Waals surface area contributed by atoms with Gasteiger partial charge < -0.3 is 19.2 Å². The van der Waals surface area contributed by atoms with Crippen LogP contribution in [-0.4, -0.2) is 14.2 Å². The molecule has 0 saturated heterocycles. The lowest BCUT2D eigenvalue weighted by atomic mass is 10.1. The van der Waals surface area contributed by atoms with Gasteiger partial charge in [0, 0.05) is 29.1 Å². The van der Waals surface area contributed by atoms with Crippen LogP contribution in [-0.2, 0) is 6.54 Å². The third-order valence-electron chi connectivity index (χ3n) is 3.67. The summed E-state index contributed by atoms with van der Waals surface area (Å²) in [4.78, 5) is 11.8. The summed E-state index contributed by atoms with van der Waals surface area (Å²) in [7, 11) is 3.16. The smallest absolute Gasteiger partial charge is 0.336 e. The van der Waals surface area contributed by atoms with Crippen molar-refractivity contribution in [3.8, 4) is 11.5 Å². The standard InChI is InChI=1S/C18H16ClNO4/c1-22-13-4-5-14-11(7-18(21)24-17(14)9-13)10-20-15-8-12(19)3-6-16(15)23-2/h3-9,20H,10H2,1-2H3. The average molecular weight is 346 g/mol. The van der Waals surface area contributed by atoms with E-state index in [9.17, 15) is 4.79 Å². The van der Waals surface area contributed by atoms with E-state index in [2.05, 4.69) is 5.32 Å². The largest absolute Gasteiger partial charge is 0.497 e. The minimum absolute atomic E-state index is 0.411. The molecule has 24 heavy (non-hydrogen) atoms. The van der Waals surface area contributed by atoms with Crippen molar-refractivity contribution < 1.29 is 13.9 Å². The van der Waals surface area contributed by atoms with Gasteiger partial charge in [0.25, 0.3) is 0 Å². The molecule has 0 aliphatic rings. The molecule has 1 heterocycles. The zero-order valence-electron chi connectivity index (χ0n) is 13.3. The third-order valence-corrected chi connectivity index (χ3v) is 3.90. The summed E-state index contributed by atoms with van der Waals surface area (Å²) in [6.45, 7) is 0.422. The van der Waals surface area contributed by atoms with Crippen molar-refractivity contribution in [1.82, 2.24) is 0 Å². The first-order valence-corrected chi connectivity index (χ1v) is 7.66. The summed E-state index contributed by atoms with van der Waals surface area (Å²) < 4.78 is 15.7. The molecule has 0 spiro atoms. The van der Waals surface area contributed by atoms with E-state index >= 15 is 0 Å². The molecule has 3 rings (SSSR count). The van der Waals surface area contributed by atoms with E-state index in [-0.39, 0.29) is 0 Å². The Morgan fingerprint density at radius 1 is 1.08 bits per heavy atom. The van der Waals surface area contributed by atoms with Crippen LogP contribution in [0.4, 0.5) is 5.69 Å². The van der Waals surface area contributed by atoms with E-state index < -0.39 is 5.63 Å². The van der Waals surface area contributed by atoms with Crippen molar-refractivity contribution in [3.05, 3.63) is 63.5 Å². The SMILES string of the molecule is COc1ccc2c(CNc3cc(Cl)ccc3OC)cc(=O)oc2c1.